The Labute approximate surface area is 130 Å². The van der Waals surface area contributed by atoms with Crippen LogP contribution < -0.4 is 0 Å². The zero-order chi connectivity index (χ0) is 9.71. The maximum atomic E-state index is 3.75. The van der Waals surface area contributed by atoms with E-state index in [1.807, 2.05) is 0 Å². The molecule has 0 nitrogen and oxygen atoms in total. The number of aryl methyl sites for hydroxylation is 2. The van der Waals surface area contributed by atoms with E-state index in [-0.39, 0.29) is 38.6 Å². The van der Waals surface area contributed by atoms with Crippen molar-refractivity contribution >= 4 is 39.1 Å². The SMILES string of the molecule is Cc1cc2c(Br)c3c(cc2[cH-]1)CCC3.Cl.[Zr]. The number of halogens is 2. The summed E-state index contributed by atoms with van der Waals surface area (Å²) in [7, 11) is 0. The van der Waals surface area contributed by atoms with Crippen LogP contribution in [0, 0.1) is 6.92 Å². The van der Waals surface area contributed by atoms with E-state index < -0.39 is 0 Å². The molecule has 2 aromatic carbocycles. The first-order valence-electron chi connectivity index (χ1n) is 5.13. The molecule has 0 aromatic heterocycles. The van der Waals surface area contributed by atoms with Crippen molar-refractivity contribution in [2.24, 2.45) is 0 Å². The summed E-state index contributed by atoms with van der Waals surface area (Å²) in [5.41, 5.74) is 4.46. The molecule has 1 aliphatic rings. The Balaban J connectivity index is 0.000000640. The standard InChI is InChI=1S/C13H12Br.ClH.Zr/c1-8-5-10-7-9-3-2-4-11(9)13(14)12(10)6-8;;/h5-7H,2-4H2,1H3;1H;/q-1;;. The first-order valence-corrected chi connectivity index (χ1v) is 5.92. The van der Waals surface area contributed by atoms with Crippen molar-refractivity contribution in [3.05, 3.63) is 39.4 Å². The average molecular weight is 376 g/mol. The molecule has 0 saturated carbocycles. The van der Waals surface area contributed by atoms with Gasteiger partial charge in [0, 0.05) is 26.2 Å². The van der Waals surface area contributed by atoms with Crippen molar-refractivity contribution in [2.45, 2.75) is 26.2 Å². The van der Waals surface area contributed by atoms with Crippen molar-refractivity contribution in [1.29, 1.82) is 0 Å². The van der Waals surface area contributed by atoms with Gasteiger partial charge in [0.25, 0.3) is 0 Å². The Bertz CT molecular complexity index is 516. The van der Waals surface area contributed by atoms with Crippen LogP contribution in [0.3, 0.4) is 0 Å². The molecule has 0 radical (unpaired) electrons. The van der Waals surface area contributed by atoms with E-state index in [4.69, 9.17) is 0 Å². The Hall–Kier alpha value is 0.483. The molecule has 0 spiro atoms. The van der Waals surface area contributed by atoms with Crippen molar-refractivity contribution in [2.75, 3.05) is 0 Å². The molecule has 84 valence electrons. The van der Waals surface area contributed by atoms with Crippen LogP contribution in [0.25, 0.3) is 10.8 Å². The fourth-order valence-corrected chi connectivity index (χ4v) is 3.31. The van der Waals surface area contributed by atoms with Crippen LogP contribution in [-0.2, 0) is 39.0 Å². The van der Waals surface area contributed by atoms with Crippen LogP contribution in [0.5, 0.6) is 0 Å². The molecule has 0 amide bonds. The summed E-state index contributed by atoms with van der Waals surface area (Å²) in [5.74, 6) is 0. The van der Waals surface area contributed by atoms with Crippen molar-refractivity contribution < 1.29 is 26.2 Å². The van der Waals surface area contributed by atoms with Gasteiger partial charge in [-0.25, -0.2) is 0 Å². The van der Waals surface area contributed by atoms with Gasteiger partial charge in [0.15, 0.2) is 0 Å². The summed E-state index contributed by atoms with van der Waals surface area (Å²) >= 11 is 3.75. The zero-order valence-corrected chi connectivity index (χ0v) is 14.0. The Kier molecular flexibility index (Phi) is 4.93. The Morgan fingerprint density at radius 3 is 2.75 bits per heavy atom. The van der Waals surface area contributed by atoms with Crippen molar-refractivity contribution in [3.8, 4) is 0 Å². The van der Waals surface area contributed by atoms with Gasteiger partial charge in [0.1, 0.15) is 0 Å². The van der Waals surface area contributed by atoms with Crippen LogP contribution in [0.1, 0.15) is 23.1 Å². The van der Waals surface area contributed by atoms with Crippen molar-refractivity contribution in [3.63, 3.8) is 0 Å². The molecule has 0 bridgehead atoms. The molecule has 3 rings (SSSR count). The molecule has 2 aromatic rings. The second-order valence-corrected chi connectivity index (χ2v) is 5.01. The minimum atomic E-state index is 0. The second-order valence-electron chi connectivity index (χ2n) is 4.22. The smallest absolute Gasteiger partial charge is 0 e. The number of rotatable bonds is 0. The predicted octanol–water partition coefficient (Wildman–Crippen LogP) is 4.54. The molecule has 0 N–H and O–H groups in total. The average Bonchev–Trinajstić information content (AvgIpc) is 2.71. The number of fused-ring (bicyclic) bond motifs is 2. The van der Waals surface area contributed by atoms with E-state index in [0.717, 1.165) is 0 Å². The van der Waals surface area contributed by atoms with E-state index in [9.17, 15) is 0 Å². The van der Waals surface area contributed by atoms with Gasteiger partial charge in [-0.2, -0.15) is 6.07 Å². The summed E-state index contributed by atoms with van der Waals surface area (Å²) < 4.78 is 1.34. The zero-order valence-electron chi connectivity index (χ0n) is 9.14. The van der Waals surface area contributed by atoms with E-state index >= 15 is 0 Å². The van der Waals surface area contributed by atoms with Gasteiger partial charge >= 0.3 is 0 Å². The summed E-state index contributed by atoms with van der Waals surface area (Å²) in [6.45, 7) is 2.16. The molecule has 16 heavy (non-hydrogen) atoms. The molecular formula is C13H13BrClZr-. The van der Waals surface area contributed by atoms with E-state index in [2.05, 4.69) is 41.1 Å². The van der Waals surface area contributed by atoms with Gasteiger partial charge < -0.3 is 0 Å². The third-order valence-corrected chi connectivity index (χ3v) is 4.06. The van der Waals surface area contributed by atoms with E-state index in [0.29, 0.717) is 0 Å². The van der Waals surface area contributed by atoms with Gasteiger partial charge in [-0.1, -0.05) is 28.4 Å². The van der Waals surface area contributed by atoms with Gasteiger partial charge in [-0.3, -0.25) is 0 Å². The van der Waals surface area contributed by atoms with Crippen LogP contribution in [-0.4, -0.2) is 0 Å². The van der Waals surface area contributed by atoms with Crippen LogP contribution in [0.2, 0.25) is 0 Å². The Morgan fingerprint density at radius 2 is 2.00 bits per heavy atom. The quantitative estimate of drug-likeness (QED) is 0.593. The molecule has 1 aliphatic carbocycles. The first-order chi connectivity index (χ1) is 6.75. The number of hydrogen-bond acceptors (Lipinski definition) is 0. The monoisotopic (exact) mass is 373 g/mol. The van der Waals surface area contributed by atoms with Crippen LogP contribution in [0.4, 0.5) is 0 Å². The predicted molar refractivity (Wildman–Crippen MR) is 71.3 cm³/mol. The summed E-state index contributed by atoms with van der Waals surface area (Å²) in [4.78, 5) is 0. The third-order valence-electron chi connectivity index (χ3n) is 3.16. The summed E-state index contributed by atoms with van der Waals surface area (Å²) in [6.07, 6.45) is 3.82. The van der Waals surface area contributed by atoms with Crippen molar-refractivity contribution in [1.82, 2.24) is 0 Å². The topological polar surface area (TPSA) is 0 Å². The van der Waals surface area contributed by atoms with E-state index in [1.54, 1.807) is 11.1 Å². The first kappa shape index (κ1) is 14.5. The normalized spacial score (nSPS) is 13.1. The summed E-state index contributed by atoms with van der Waals surface area (Å²) in [6, 6.07) is 6.92. The van der Waals surface area contributed by atoms with Gasteiger partial charge in [-0.15, -0.1) is 40.9 Å². The largest absolute Gasteiger partial charge is 0.164 e. The minimum Gasteiger partial charge on any atom is -0.164 e. The molecule has 3 heteroatoms. The second kappa shape index (κ2) is 5.42. The third kappa shape index (κ3) is 2.21. The van der Waals surface area contributed by atoms with Crippen LogP contribution >= 0.6 is 28.3 Å². The molecule has 0 aliphatic heterocycles. The molecule has 0 unspecified atom stereocenters. The fraction of sp³-hybridized carbons (Fsp3) is 0.308. The molecule has 0 heterocycles. The maximum Gasteiger partial charge on any atom is 0 e. The Morgan fingerprint density at radius 1 is 1.25 bits per heavy atom. The number of hydrogen-bond donors (Lipinski definition) is 0. The van der Waals surface area contributed by atoms with Gasteiger partial charge in [0.2, 0.25) is 0 Å². The van der Waals surface area contributed by atoms with Gasteiger partial charge in [0.05, 0.1) is 0 Å². The van der Waals surface area contributed by atoms with Gasteiger partial charge in [-0.05, 0) is 29.3 Å². The van der Waals surface area contributed by atoms with E-state index in [1.165, 1.54) is 40.1 Å². The fourth-order valence-electron chi connectivity index (χ4n) is 2.51. The number of benzene rings is 1. The molecule has 0 fully saturated rings. The summed E-state index contributed by atoms with van der Waals surface area (Å²) in [5, 5.41) is 2.79. The molecular weight excluding hydrogens is 363 g/mol. The molecule has 0 saturated heterocycles. The van der Waals surface area contributed by atoms with Crippen LogP contribution in [0.15, 0.2) is 22.7 Å². The molecule has 0 atom stereocenters. The maximum absolute atomic E-state index is 3.75. The minimum absolute atomic E-state index is 0.